The second-order valence-corrected chi connectivity index (χ2v) is 23.4. The molecule has 1 unspecified atom stereocenters. The van der Waals surface area contributed by atoms with Crippen LogP contribution >= 0.6 is 0 Å². The number of rotatable bonds is 64. The van der Waals surface area contributed by atoms with Crippen molar-refractivity contribution in [2.75, 3.05) is 13.2 Å². The van der Waals surface area contributed by atoms with Crippen molar-refractivity contribution in [1.29, 1.82) is 0 Å². The van der Waals surface area contributed by atoms with Crippen molar-refractivity contribution in [3.05, 3.63) is 72.9 Å². The Balaban J connectivity index is 4.25. The lowest BCUT2D eigenvalue weighted by molar-refractivity contribution is -0.167. The van der Waals surface area contributed by atoms with Crippen molar-refractivity contribution in [2.45, 2.75) is 367 Å². The Hall–Kier alpha value is -3.15. The number of ether oxygens (including phenoxy) is 3. The van der Waals surface area contributed by atoms with Crippen LogP contribution in [0.25, 0.3) is 0 Å². The number of unbranched alkanes of at least 4 members (excludes halogenated alkanes) is 41. The first-order valence-corrected chi connectivity index (χ1v) is 34.9. The predicted molar refractivity (Wildman–Crippen MR) is 348 cm³/mol. The molecule has 0 amide bonds. The first-order valence-electron chi connectivity index (χ1n) is 34.9. The van der Waals surface area contributed by atoms with Gasteiger partial charge in [0.15, 0.2) is 6.10 Å². The van der Waals surface area contributed by atoms with Crippen molar-refractivity contribution >= 4 is 17.9 Å². The van der Waals surface area contributed by atoms with E-state index in [-0.39, 0.29) is 31.1 Å². The summed E-state index contributed by atoms with van der Waals surface area (Å²) in [6.45, 7) is 6.57. The second-order valence-electron chi connectivity index (χ2n) is 23.4. The molecule has 0 rings (SSSR count). The zero-order valence-electron chi connectivity index (χ0n) is 53.3. The summed E-state index contributed by atoms with van der Waals surface area (Å²) in [6.07, 6.45) is 89.2. The molecule has 0 saturated carbocycles. The van der Waals surface area contributed by atoms with Crippen LogP contribution in [0.4, 0.5) is 0 Å². The molecule has 0 saturated heterocycles. The molecule has 0 aliphatic rings. The summed E-state index contributed by atoms with van der Waals surface area (Å²) in [4.78, 5) is 38.4. The second kappa shape index (κ2) is 68.3. The van der Waals surface area contributed by atoms with Crippen molar-refractivity contribution in [3.8, 4) is 0 Å². The summed E-state index contributed by atoms with van der Waals surface area (Å²) in [6, 6.07) is 0. The normalized spacial score (nSPS) is 12.5. The molecule has 0 aromatic rings. The first-order chi connectivity index (χ1) is 39.5. The molecule has 0 spiro atoms. The molecule has 0 aliphatic carbocycles. The lowest BCUT2D eigenvalue weighted by Crippen LogP contribution is -2.30. The van der Waals surface area contributed by atoms with Crippen LogP contribution in [0.15, 0.2) is 72.9 Å². The maximum atomic E-state index is 12.9. The fourth-order valence-electron chi connectivity index (χ4n) is 10.2. The highest BCUT2D eigenvalue weighted by Gasteiger charge is 2.19. The largest absolute Gasteiger partial charge is 0.462 e. The highest BCUT2D eigenvalue weighted by Crippen LogP contribution is 2.18. The molecule has 1 atom stereocenters. The van der Waals surface area contributed by atoms with E-state index in [2.05, 4.69) is 93.7 Å². The van der Waals surface area contributed by atoms with Gasteiger partial charge in [-0.15, -0.1) is 0 Å². The van der Waals surface area contributed by atoms with E-state index in [0.717, 1.165) is 96.3 Å². The van der Waals surface area contributed by atoms with Gasteiger partial charge < -0.3 is 14.2 Å². The molecular weight excluding hydrogens is 985 g/mol. The summed E-state index contributed by atoms with van der Waals surface area (Å²) in [5.41, 5.74) is 0. The lowest BCUT2D eigenvalue weighted by atomic mass is 10.0. The topological polar surface area (TPSA) is 78.9 Å². The van der Waals surface area contributed by atoms with Crippen molar-refractivity contribution in [1.82, 2.24) is 0 Å². The van der Waals surface area contributed by atoms with Crippen molar-refractivity contribution in [3.63, 3.8) is 0 Å². The van der Waals surface area contributed by atoms with E-state index in [9.17, 15) is 14.4 Å². The third-order valence-corrected chi connectivity index (χ3v) is 15.4. The third-order valence-electron chi connectivity index (χ3n) is 15.4. The zero-order chi connectivity index (χ0) is 57.8. The quantitative estimate of drug-likeness (QED) is 0.0261. The molecule has 0 fully saturated rings. The Morgan fingerprint density at radius 1 is 0.263 bits per heavy atom. The molecule has 0 aromatic carbocycles. The van der Waals surface area contributed by atoms with Gasteiger partial charge >= 0.3 is 17.9 Å². The maximum absolute atomic E-state index is 12.9. The monoisotopic (exact) mass is 1120 g/mol. The van der Waals surface area contributed by atoms with Gasteiger partial charge in [0.2, 0.25) is 0 Å². The molecule has 464 valence electrons. The Labute approximate surface area is 497 Å². The number of hydrogen-bond acceptors (Lipinski definition) is 6. The van der Waals surface area contributed by atoms with Crippen LogP contribution in [0.3, 0.4) is 0 Å². The summed E-state index contributed by atoms with van der Waals surface area (Å²) >= 11 is 0. The molecule has 0 radical (unpaired) electrons. The van der Waals surface area contributed by atoms with Gasteiger partial charge in [-0.2, -0.15) is 0 Å². The van der Waals surface area contributed by atoms with Gasteiger partial charge in [0.05, 0.1) is 0 Å². The molecule has 0 heterocycles. The molecule has 0 aliphatic heterocycles. The Bertz CT molecular complexity index is 1470. The Morgan fingerprint density at radius 2 is 0.487 bits per heavy atom. The van der Waals surface area contributed by atoms with E-state index >= 15 is 0 Å². The minimum absolute atomic E-state index is 0.0740. The van der Waals surface area contributed by atoms with E-state index in [1.807, 2.05) is 0 Å². The van der Waals surface area contributed by atoms with Gasteiger partial charge in [-0.05, 0) is 89.9 Å². The van der Waals surface area contributed by atoms with Gasteiger partial charge in [0.25, 0.3) is 0 Å². The summed E-state index contributed by atoms with van der Waals surface area (Å²) in [7, 11) is 0. The van der Waals surface area contributed by atoms with E-state index in [4.69, 9.17) is 14.2 Å². The summed E-state index contributed by atoms with van der Waals surface area (Å²) in [5.74, 6) is -0.861. The van der Waals surface area contributed by atoms with Crippen LogP contribution in [0, 0.1) is 0 Å². The fraction of sp³-hybridized carbons (Fsp3) is 0.797. The van der Waals surface area contributed by atoms with Crippen LogP contribution in [-0.4, -0.2) is 37.2 Å². The first kappa shape index (κ1) is 76.9. The van der Waals surface area contributed by atoms with E-state index in [1.165, 1.54) is 225 Å². The highest BCUT2D eigenvalue weighted by molar-refractivity contribution is 5.71. The minimum atomic E-state index is -0.777. The van der Waals surface area contributed by atoms with Crippen molar-refractivity contribution < 1.29 is 28.6 Å². The lowest BCUT2D eigenvalue weighted by Gasteiger charge is -2.18. The fourth-order valence-corrected chi connectivity index (χ4v) is 10.2. The average Bonchev–Trinajstić information content (AvgIpc) is 3.46. The highest BCUT2D eigenvalue weighted by atomic mass is 16.6. The smallest absolute Gasteiger partial charge is 0.306 e. The number of esters is 3. The van der Waals surface area contributed by atoms with Crippen LogP contribution < -0.4 is 0 Å². The Morgan fingerprint density at radius 3 is 0.775 bits per heavy atom. The number of hydrogen-bond donors (Lipinski definition) is 0. The number of carbonyl (C=O) groups is 3. The molecular formula is C74H132O6. The third kappa shape index (κ3) is 65.7. The minimum Gasteiger partial charge on any atom is -0.462 e. The molecule has 6 nitrogen and oxygen atoms in total. The molecule has 0 N–H and O–H groups in total. The predicted octanol–water partition coefficient (Wildman–Crippen LogP) is 24.1. The summed E-state index contributed by atoms with van der Waals surface area (Å²) in [5, 5.41) is 0. The number of carbonyl (C=O) groups excluding carboxylic acids is 3. The van der Waals surface area contributed by atoms with E-state index < -0.39 is 6.10 Å². The average molecular weight is 1120 g/mol. The Kier molecular flexibility index (Phi) is 65.7. The van der Waals surface area contributed by atoms with E-state index in [0.29, 0.717) is 19.3 Å². The van der Waals surface area contributed by atoms with Gasteiger partial charge in [0.1, 0.15) is 13.2 Å². The van der Waals surface area contributed by atoms with Crippen LogP contribution in [0.2, 0.25) is 0 Å². The molecule has 0 bridgehead atoms. The van der Waals surface area contributed by atoms with Gasteiger partial charge in [0, 0.05) is 19.3 Å². The number of allylic oxidation sites excluding steroid dienone is 12. The molecule has 0 aromatic heterocycles. The van der Waals surface area contributed by atoms with Crippen LogP contribution in [0.1, 0.15) is 361 Å². The van der Waals surface area contributed by atoms with Gasteiger partial charge in [-0.1, -0.05) is 325 Å². The van der Waals surface area contributed by atoms with Gasteiger partial charge in [-0.25, -0.2) is 0 Å². The van der Waals surface area contributed by atoms with E-state index in [1.54, 1.807) is 0 Å². The SMILES string of the molecule is CC/C=C\C/C=C\C/C=C\C/C=C\C/C=C\CCCCCCCCCCCCCCCC(=O)OCC(COC(=O)CCCCCCC/C=C\CCCCCCC)OC(=O)CCCCCCCCCCCCCCCCCCCCC. The maximum Gasteiger partial charge on any atom is 0.306 e. The molecule has 6 heteroatoms. The van der Waals surface area contributed by atoms with Crippen LogP contribution in [0.5, 0.6) is 0 Å². The van der Waals surface area contributed by atoms with Crippen LogP contribution in [-0.2, 0) is 28.6 Å². The standard InChI is InChI=1S/C74H132O6/c1-4-7-10-13-16-19-22-25-28-30-32-33-34-35-36-37-38-39-40-41-43-44-46-49-52-55-58-61-64-67-73(76)79-70-71(69-78-72(75)66-63-60-57-54-51-48-27-24-21-18-15-12-9-6-3)80-74(77)68-65-62-59-56-53-50-47-45-42-31-29-26-23-20-17-14-11-8-5-2/h7,10,16,19,24-25,27-28,32-33,35-36,71H,4-6,8-9,11-15,17-18,20-23,26,29-31,34,37-70H2,1-3H3/b10-7-,19-16-,27-24-,28-25-,33-32-,36-35-. The van der Waals surface area contributed by atoms with Gasteiger partial charge in [-0.3, -0.25) is 14.4 Å². The van der Waals surface area contributed by atoms with Crippen molar-refractivity contribution in [2.24, 2.45) is 0 Å². The molecule has 80 heavy (non-hydrogen) atoms. The zero-order valence-corrected chi connectivity index (χ0v) is 53.3. The summed E-state index contributed by atoms with van der Waals surface area (Å²) < 4.78 is 17.0.